The lowest BCUT2D eigenvalue weighted by atomic mass is 10.1. The Morgan fingerprint density at radius 1 is 1.37 bits per heavy atom. The van der Waals surface area contributed by atoms with Crippen LogP contribution >= 0.6 is 11.3 Å². The van der Waals surface area contributed by atoms with Gasteiger partial charge in [0.25, 0.3) is 0 Å². The van der Waals surface area contributed by atoms with Crippen molar-refractivity contribution in [2.24, 2.45) is 0 Å². The molecule has 0 aliphatic carbocycles. The number of nitrogens with zero attached hydrogens (tertiary/aromatic N) is 2. The number of rotatable bonds is 3. The van der Waals surface area contributed by atoms with Gasteiger partial charge in [-0.15, -0.1) is 0 Å². The molecule has 1 N–H and O–H groups in total. The summed E-state index contributed by atoms with van der Waals surface area (Å²) in [7, 11) is 0. The van der Waals surface area contributed by atoms with Gasteiger partial charge in [0.2, 0.25) is 0 Å². The van der Waals surface area contributed by atoms with Crippen LogP contribution in [0.4, 0.5) is 5.82 Å². The van der Waals surface area contributed by atoms with Gasteiger partial charge in [-0.05, 0) is 24.8 Å². The molecule has 0 saturated carbocycles. The molecule has 0 spiro atoms. The van der Waals surface area contributed by atoms with Crippen LogP contribution in [0.3, 0.4) is 0 Å². The third kappa shape index (κ3) is 2.35. The minimum atomic E-state index is 0.612. The first-order valence-electron chi connectivity index (χ1n) is 6.54. The second-order valence-electron chi connectivity index (χ2n) is 4.62. The molecular formula is C14H17N3OS. The molecule has 2 aromatic heterocycles. The van der Waals surface area contributed by atoms with E-state index in [0.717, 1.165) is 48.0 Å². The van der Waals surface area contributed by atoms with Gasteiger partial charge in [-0.25, -0.2) is 9.97 Å². The van der Waals surface area contributed by atoms with Crippen molar-refractivity contribution in [2.45, 2.75) is 26.9 Å². The average molecular weight is 275 g/mol. The van der Waals surface area contributed by atoms with E-state index in [-0.39, 0.29) is 0 Å². The number of fused-ring (bicyclic) bond motifs is 1. The lowest BCUT2D eigenvalue weighted by molar-refractivity contribution is 0.109. The molecule has 0 unspecified atom stereocenters. The summed E-state index contributed by atoms with van der Waals surface area (Å²) in [5.41, 5.74) is 4.61. The number of anilines is 1. The summed E-state index contributed by atoms with van der Waals surface area (Å²) >= 11 is 1.69. The van der Waals surface area contributed by atoms with Gasteiger partial charge in [-0.2, -0.15) is 11.3 Å². The minimum Gasteiger partial charge on any atom is -0.376 e. The summed E-state index contributed by atoms with van der Waals surface area (Å²) < 4.78 is 5.52. The highest BCUT2D eigenvalue weighted by Crippen LogP contribution is 2.29. The van der Waals surface area contributed by atoms with E-state index >= 15 is 0 Å². The van der Waals surface area contributed by atoms with Crippen molar-refractivity contribution in [3.05, 3.63) is 27.6 Å². The number of nitrogens with one attached hydrogen (secondary N) is 1. The maximum absolute atomic E-state index is 5.52. The predicted molar refractivity (Wildman–Crippen MR) is 77.6 cm³/mol. The van der Waals surface area contributed by atoms with Crippen LogP contribution in [0.5, 0.6) is 0 Å². The van der Waals surface area contributed by atoms with E-state index in [1.165, 1.54) is 5.56 Å². The van der Waals surface area contributed by atoms with Gasteiger partial charge in [0, 0.05) is 29.5 Å². The van der Waals surface area contributed by atoms with Gasteiger partial charge >= 0.3 is 0 Å². The Kier molecular flexibility index (Phi) is 3.48. The summed E-state index contributed by atoms with van der Waals surface area (Å²) in [6.45, 7) is 6.39. The molecule has 0 bridgehead atoms. The van der Waals surface area contributed by atoms with Crippen LogP contribution in [0.1, 0.15) is 23.7 Å². The smallest absolute Gasteiger partial charge is 0.162 e. The van der Waals surface area contributed by atoms with Crippen molar-refractivity contribution < 1.29 is 4.74 Å². The lowest BCUT2D eigenvalue weighted by Gasteiger charge is -2.19. The Labute approximate surface area is 116 Å². The molecule has 19 heavy (non-hydrogen) atoms. The van der Waals surface area contributed by atoms with Gasteiger partial charge in [0.15, 0.2) is 5.82 Å². The molecule has 1 aliphatic heterocycles. The number of thiophene rings is 1. The predicted octanol–water partition coefficient (Wildman–Crippen LogP) is 3.02. The second-order valence-corrected chi connectivity index (χ2v) is 5.37. The highest BCUT2D eigenvalue weighted by molar-refractivity contribution is 7.08. The molecule has 3 rings (SSSR count). The molecule has 5 heteroatoms. The van der Waals surface area contributed by atoms with Crippen molar-refractivity contribution in [3.63, 3.8) is 0 Å². The Morgan fingerprint density at radius 2 is 2.26 bits per heavy atom. The lowest BCUT2D eigenvalue weighted by Crippen LogP contribution is -2.17. The number of aromatic nitrogens is 2. The Balaban J connectivity index is 2.11. The van der Waals surface area contributed by atoms with Crippen molar-refractivity contribution in [2.75, 3.05) is 18.5 Å². The monoisotopic (exact) mass is 275 g/mol. The topological polar surface area (TPSA) is 47.0 Å². The summed E-state index contributed by atoms with van der Waals surface area (Å²) in [6, 6.07) is 0. The first-order valence-corrected chi connectivity index (χ1v) is 7.48. The Morgan fingerprint density at radius 3 is 3.00 bits per heavy atom. The molecule has 2 aromatic rings. The molecule has 4 nitrogen and oxygen atoms in total. The summed E-state index contributed by atoms with van der Waals surface area (Å²) in [5.74, 6) is 1.75. The minimum absolute atomic E-state index is 0.612. The standard InChI is InChI=1S/C14H17N3OS/c1-3-15-13-10-6-18-5-4-12(10)16-14(17-13)11-8-19-7-9(11)2/h7-8H,3-6H2,1-2H3,(H,15,16,17). The molecule has 1 aliphatic rings. The maximum Gasteiger partial charge on any atom is 0.162 e. The summed E-state index contributed by atoms with van der Waals surface area (Å²) in [6.07, 6.45) is 0.867. The quantitative estimate of drug-likeness (QED) is 0.935. The first kappa shape index (κ1) is 12.6. The molecule has 100 valence electrons. The van der Waals surface area contributed by atoms with Crippen molar-refractivity contribution in [3.8, 4) is 11.4 Å². The zero-order valence-electron chi connectivity index (χ0n) is 11.2. The largest absolute Gasteiger partial charge is 0.376 e. The van der Waals surface area contributed by atoms with Crippen molar-refractivity contribution >= 4 is 17.2 Å². The van der Waals surface area contributed by atoms with Gasteiger partial charge < -0.3 is 10.1 Å². The first-order chi connectivity index (χ1) is 9.29. The highest BCUT2D eigenvalue weighted by Gasteiger charge is 2.19. The zero-order valence-corrected chi connectivity index (χ0v) is 12.0. The van der Waals surface area contributed by atoms with Gasteiger partial charge in [0.1, 0.15) is 5.82 Å². The van der Waals surface area contributed by atoms with Gasteiger partial charge in [-0.3, -0.25) is 0 Å². The van der Waals surface area contributed by atoms with Crippen LogP contribution in [-0.4, -0.2) is 23.1 Å². The molecule has 3 heterocycles. The molecular weight excluding hydrogens is 258 g/mol. The second kappa shape index (κ2) is 5.27. The summed E-state index contributed by atoms with van der Waals surface area (Å²) in [4.78, 5) is 9.42. The van der Waals surface area contributed by atoms with Crippen molar-refractivity contribution in [1.82, 2.24) is 9.97 Å². The van der Waals surface area contributed by atoms with Crippen LogP contribution in [0.25, 0.3) is 11.4 Å². The molecule has 0 atom stereocenters. The number of aryl methyl sites for hydroxylation is 1. The van der Waals surface area contributed by atoms with E-state index in [0.29, 0.717) is 6.61 Å². The van der Waals surface area contributed by atoms with E-state index in [2.05, 4.69) is 34.9 Å². The van der Waals surface area contributed by atoms with E-state index < -0.39 is 0 Å². The van der Waals surface area contributed by atoms with E-state index in [1.54, 1.807) is 11.3 Å². The van der Waals surface area contributed by atoms with Crippen LogP contribution in [0.15, 0.2) is 10.8 Å². The van der Waals surface area contributed by atoms with Crippen molar-refractivity contribution in [1.29, 1.82) is 0 Å². The molecule has 0 amide bonds. The molecule has 0 fully saturated rings. The third-order valence-corrected chi connectivity index (χ3v) is 4.12. The van der Waals surface area contributed by atoms with Crippen LogP contribution in [-0.2, 0) is 17.8 Å². The van der Waals surface area contributed by atoms with Crippen LogP contribution in [0, 0.1) is 6.92 Å². The van der Waals surface area contributed by atoms with E-state index in [4.69, 9.17) is 9.72 Å². The fraction of sp³-hybridized carbons (Fsp3) is 0.429. The van der Waals surface area contributed by atoms with E-state index in [9.17, 15) is 0 Å². The van der Waals surface area contributed by atoms with Crippen LogP contribution < -0.4 is 5.32 Å². The molecule has 0 saturated heterocycles. The molecule has 0 radical (unpaired) electrons. The molecule has 0 aromatic carbocycles. The normalized spacial score (nSPS) is 14.2. The van der Waals surface area contributed by atoms with Crippen LogP contribution in [0.2, 0.25) is 0 Å². The fourth-order valence-corrected chi connectivity index (χ4v) is 3.08. The Hall–Kier alpha value is -1.46. The highest BCUT2D eigenvalue weighted by atomic mass is 32.1. The Bertz CT molecular complexity index is 594. The zero-order chi connectivity index (χ0) is 13.2. The number of hydrogen-bond acceptors (Lipinski definition) is 5. The fourth-order valence-electron chi connectivity index (χ4n) is 2.26. The van der Waals surface area contributed by atoms with Gasteiger partial charge in [-0.1, -0.05) is 0 Å². The summed E-state index contributed by atoms with van der Waals surface area (Å²) in [5, 5.41) is 7.58. The number of hydrogen-bond donors (Lipinski definition) is 1. The SMILES string of the molecule is CCNc1nc(-c2cscc2C)nc2c1COCC2. The number of ether oxygens (including phenoxy) is 1. The van der Waals surface area contributed by atoms with E-state index in [1.807, 2.05) is 0 Å². The maximum atomic E-state index is 5.52. The average Bonchev–Trinajstić information content (AvgIpc) is 2.85. The third-order valence-electron chi connectivity index (χ3n) is 3.26. The van der Waals surface area contributed by atoms with Gasteiger partial charge in [0.05, 0.1) is 18.9 Å².